The first-order valence-corrected chi connectivity index (χ1v) is 17.2. The zero-order valence-electron chi connectivity index (χ0n) is 26.4. The van der Waals surface area contributed by atoms with Crippen LogP contribution in [0.3, 0.4) is 0 Å². The highest BCUT2D eigenvalue weighted by Crippen LogP contribution is 2.45. The van der Waals surface area contributed by atoms with E-state index in [2.05, 4.69) is 42.8 Å². The van der Waals surface area contributed by atoms with Gasteiger partial charge in [-0.05, 0) is 67.4 Å². The van der Waals surface area contributed by atoms with Crippen LogP contribution in [0, 0.1) is 11.3 Å². The van der Waals surface area contributed by atoms with Gasteiger partial charge in [0.15, 0.2) is 0 Å². The predicted molar refractivity (Wildman–Crippen MR) is 168 cm³/mol. The van der Waals surface area contributed by atoms with Gasteiger partial charge in [0.2, 0.25) is 21.8 Å². The van der Waals surface area contributed by atoms with Crippen molar-refractivity contribution in [2.75, 3.05) is 6.54 Å². The molecule has 248 valence electrons. The Hall–Kier alpha value is -3.20. The van der Waals surface area contributed by atoms with E-state index >= 15 is 0 Å². The molecule has 2 saturated carbocycles. The molecule has 3 fully saturated rings. The lowest BCUT2D eigenvalue weighted by Gasteiger charge is -2.36. The maximum absolute atomic E-state index is 14.2. The molecule has 3 N–H and O–H groups in total. The molecule has 2 heterocycles. The second kappa shape index (κ2) is 12.5. The molecule has 1 aliphatic heterocycles. The van der Waals surface area contributed by atoms with Crippen LogP contribution in [0.1, 0.15) is 67.2 Å². The zero-order chi connectivity index (χ0) is 33.5. The quantitative estimate of drug-likeness (QED) is 0.309. The highest BCUT2D eigenvalue weighted by Gasteiger charge is 2.62. The van der Waals surface area contributed by atoms with Gasteiger partial charge in [-0.15, -0.1) is 6.58 Å². The van der Waals surface area contributed by atoms with Crippen molar-refractivity contribution >= 4 is 49.8 Å². The summed E-state index contributed by atoms with van der Waals surface area (Å²) < 4.78 is 39.4. The van der Waals surface area contributed by atoms with Crippen LogP contribution >= 0.6 is 15.9 Å². The number of carbonyl (C=O) groups is 4. The van der Waals surface area contributed by atoms with Gasteiger partial charge in [-0.1, -0.05) is 26.8 Å². The molecular formula is C30H42BrN5O8S. The van der Waals surface area contributed by atoms with Gasteiger partial charge in [0.1, 0.15) is 35.1 Å². The van der Waals surface area contributed by atoms with Crippen molar-refractivity contribution in [3.63, 3.8) is 0 Å². The molecule has 4 amide bonds. The summed E-state index contributed by atoms with van der Waals surface area (Å²) in [6.07, 6.45) is 4.30. The van der Waals surface area contributed by atoms with Gasteiger partial charge >= 0.3 is 6.09 Å². The second-order valence-corrected chi connectivity index (χ2v) is 16.8. The van der Waals surface area contributed by atoms with Crippen molar-refractivity contribution in [3.8, 4) is 5.75 Å². The van der Waals surface area contributed by atoms with Crippen LogP contribution in [-0.2, 0) is 29.1 Å². The Kier molecular flexibility index (Phi) is 9.66. The first kappa shape index (κ1) is 34.7. The van der Waals surface area contributed by atoms with E-state index < -0.39 is 79.7 Å². The van der Waals surface area contributed by atoms with Gasteiger partial charge in [0.05, 0.1) is 18.0 Å². The summed E-state index contributed by atoms with van der Waals surface area (Å²) in [6, 6.07) is -0.493. The van der Waals surface area contributed by atoms with Crippen LogP contribution in [0.2, 0.25) is 0 Å². The summed E-state index contributed by atoms with van der Waals surface area (Å²) >= 11 is 3.35. The Labute approximate surface area is 272 Å². The topological polar surface area (TPSA) is 173 Å². The molecule has 2 aliphatic carbocycles. The van der Waals surface area contributed by atoms with Crippen LogP contribution < -0.4 is 20.1 Å². The summed E-state index contributed by atoms with van der Waals surface area (Å²) in [5.74, 6) is -2.13. The van der Waals surface area contributed by atoms with E-state index in [1.807, 2.05) is 0 Å². The molecule has 3 aliphatic rings. The minimum atomic E-state index is -3.87. The summed E-state index contributed by atoms with van der Waals surface area (Å²) in [4.78, 5) is 59.7. The highest BCUT2D eigenvalue weighted by molar-refractivity contribution is 9.10. The molecule has 4 rings (SSSR count). The second-order valence-electron chi connectivity index (χ2n) is 13.9. The number of nitrogens with one attached hydrogen (secondary N) is 3. The van der Waals surface area contributed by atoms with Crippen molar-refractivity contribution in [3.05, 3.63) is 35.6 Å². The number of rotatable bonds is 10. The molecule has 0 bridgehead atoms. The Balaban J connectivity index is 1.60. The molecule has 13 nitrogen and oxygen atoms in total. The molecule has 45 heavy (non-hydrogen) atoms. The molecule has 1 aromatic rings. The molecule has 0 unspecified atom stereocenters. The number of amides is 4. The van der Waals surface area contributed by atoms with E-state index in [1.165, 1.54) is 17.2 Å². The fourth-order valence-corrected chi connectivity index (χ4v) is 6.99. The van der Waals surface area contributed by atoms with Crippen LogP contribution in [0.25, 0.3) is 0 Å². The fourth-order valence-electron chi connectivity index (χ4n) is 5.28. The lowest BCUT2D eigenvalue weighted by atomic mass is 9.85. The minimum Gasteiger partial charge on any atom is -0.487 e. The molecule has 1 aromatic heterocycles. The number of hydrogen-bond donors (Lipinski definition) is 3. The third-order valence-electron chi connectivity index (χ3n) is 7.85. The summed E-state index contributed by atoms with van der Waals surface area (Å²) in [5.41, 5.74) is -3.12. The van der Waals surface area contributed by atoms with Gasteiger partial charge in [-0.3, -0.25) is 24.1 Å². The van der Waals surface area contributed by atoms with Crippen LogP contribution in [0.15, 0.2) is 35.6 Å². The summed E-state index contributed by atoms with van der Waals surface area (Å²) in [6.45, 7) is 14.2. The highest BCUT2D eigenvalue weighted by atomic mass is 79.9. The largest absolute Gasteiger partial charge is 0.487 e. The SMILES string of the molecule is C=C[C@@H]1C[C@]1(NC(=O)[C@@H]1C[C@@H](Oc2cncc(Br)c2)CN1C(=O)[C@@H](NC(=O)OC(C)(C)C)C(C)(C)C)C(=O)NS(=O)(=O)C1CC1. The lowest BCUT2D eigenvalue weighted by molar-refractivity contribution is -0.143. The number of aromatic nitrogens is 1. The summed E-state index contributed by atoms with van der Waals surface area (Å²) in [7, 11) is -3.87. The summed E-state index contributed by atoms with van der Waals surface area (Å²) in [5, 5.41) is 4.80. The Bertz CT molecular complexity index is 1470. The van der Waals surface area contributed by atoms with Crippen molar-refractivity contribution in [1.82, 2.24) is 25.2 Å². The van der Waals surface area contributed by atoms with Gasteiger partial charge < -0.3 is 25.0 Å². The third kappa shape index (κ3) is 8.34. The van der Waals surface area contributed by atoms with Gasteiger partial charge in [-0.25, -0.2) is 13.2 Å². The van der Waals surface area contributed by atoms with Gasteiger partial charge in [-0.2, -0.15) is 0 Å². The van der Waals surface area contributed by atoms with Crippen LogP contribution in [-0.4, -0.2) is 83.2 Å². The predicted octanol–water partition coefficient (Wildman–Crippen LogP) is 2.80. The van der Waals surface area contributed by atoms with E-state index in [0.29, 0.717) is 23.1 Å². The Morgan fingerprint density at radius 1 is 1.16 bits per heavy atom. The lowest BCUT2D eigenvalue weighted by Crippen LogP contribution is -2.60. The van der Waals surface area contributed by atoms with E-state index in [1.54, 1.807) is 53.8 Å². The number of sulfonamides is 1. The van der Waals surface area contributed by atoms with Crippen LogP contribution in [0.4, 0.5) is 4.79 Å². The number of pyridine rings is 1. The smallest absolute Gasteiger partial charge is 0.408 e. The Morgan fingerprint density at radius 3 is 2.36 bits per heavy atom. The number of hydrogen-bond acceptors (Lipinski definition) is 9. The number of carbonyl (C=O) groups excluding carboxylic acids is 4. The number of likely N-dealkylation sites (tertiary alicyclic amines) is 1. The van der Waals surface area contributed by atoms with Gasteiger partial charge in [0.25, 0.3) is 5.91 Å². The maximum atomic E-state index is 14.2. The average molecular weight is 713 g/mol. The standard InChI is InChI=1S/C30H42BrN5O8S/c1-8-17-13-30(17,26(39)35-45(41,42)21-9-10-21)34-24(37)22-12-20(43-19-11-18(31)14-32-15-19)16-36(22)25(38)23(28(2,3)4)33-27(40)44-29(5,6)7/h8,11,14-15,17,20-23H,1,9-10,12-13,16H2,2-7H3,(H,33,40)(H,34,37)(H,35,39)/t17-,20-,22+,23-,30-/m1/s1. The number of nitrogens with zero attached hydrogens (tertiary/aromatic N) is 2. The minimum absolute atomic E-state index is 0.00778. The number of ether oxygens (including phenoxy) is 2. The fraction of sp³-hybridized carbons (Fsp3) is 0.633. The molecule has 15 heteroatoms. The molecule has 5 atom stereocenters. The third-order valence-corrected chi connectivity index (χ3v) is 10.1. The first-order valence-electron chi connectivity index (χ1n) is 14.8. The molecule has 0 aromatic carbocycles. The molecular weight excluding hydrogens is 670 g/mol. The normalized spacial score (nSPS) is 25.5. The van der Waals surface area contributed by atoms with Crippen molar-refractivity contribution in [2.24, 2.45) is 11.3 Å². The molecule has 0 radical (unpaired) electrons. The average Bonchev–Trinajstić information content (AvgIpc) is 3.82. The van der Waals surface area contributed by atoms with Crippen molar-refractivity contribution in [1.29, 1.82) is 0 Å². The van der Waals surface area contributed by atoms with Gasteiger partial charge in [0, 0.05) is 23.0 Å². The van der Waals surface area contributed by atoms with E-state index in [4.69, 9.17) is 9.47 Å². The van der Waals surface area contributed by atoms with E-state index in [0.717, 1.165) is 0 Å². The Morgan fingerprint density at radius 2 is 1.82 bits per heavy atom. The van der Waals surface area contributed by atoms with E-state index in [9.17, 15) is 27.6 Å². The van der Waals surface area contributed by atoms with E-state index in [-0.39, 0.29) is 19.4 Å². The monoisotopic (exact) mass is 711 g/mol. The maximum Gasteiger partial charge on any atom is 0.408 e. The van der Waals surface area contributed by atoms with Crippen molar-refractivity contribution < 1.29 is 37.1 Å². The molecule has 0 spiro atoms. The number of alkyl carbamates (subject to hydrolysis) is 1. The first-order chi connectivity index (χ1) is 20.8. The van der Waals surface area contributed by atoms with Crippen molar-refractivity contribution in [2.45, 2.75) is 102 Å². The molecule has 1 saturated heterocycles. The zero-order valence-corrected chi connectivity index (χ0v) is 28.8. The van der Waals surface area contributed by atoms with Crippen LogP contribution in [0.5, 0.6) is 5.75 Å². The number of halogens is 1.